The van der Waals surface area contributed by atoms with Gasteiger partial charge in [0.25, 0.3) is 0 Å². The van der Waals surface area contributed by atoms with Crippen LogP contribution >= 0.6 is 11.6 Å². The Balaban J connectivity index is 1.82. The molecule has 1 aromatic carbocycles. The molecule has 1 heterocycles. The van der Waals surface area contributed by atoms with Crippen molar-refractivity contribution in [2.24, 2.45) is 4.99 Å². The van der Waals surface area contributed by atoms with Crippen LogP contribution in [0.5, 0.6) is 0 Å². The normalized spacial score (nSPS) is 11.6. The fourth-order valence-corrected chi connectivity index (χ4v) is 2.84. The van der Waals surface area contributed by atoms with Gasteiger partial charge in [0.1, 0.15) is 12.2 Å². The molecule has 0 atom stereocenters. The Morgan fingerprint density at radius 1 is 1.30 bits per heavy atom. The summed E-state index contributed by atoms with van der Waals surface area (Å²) in [6.45, 7) is 5.83. The molecule has 0 amide bonds. The van der Waals surface area contributed by atoms with Crippen molar-refractivity contribution in [3.05, 3.63) is 47.0 Å². The van der Waals surface area contributed by atoms with Crippen molar-refractivity contribution in [3.63, 3.8) is 0 Å². The molecule has 2 rings (SSSR count). The Hall–Kier alpha value is -2.12. The number of hydrogen-bond donors (Lipinski definition) is 2. The SMILES string of the molecule is CCc1nncn1CCNC(=NCCCOC)NCCc1cccc(Cl)c1. The van der Waals surface area contributed by atoms with E-state index in [2.05, 4.69) is 43.4 Å². The van der Waals surface area contributed by atoms with Crippen LogP contribution in [0.3, 0.4) is 0 Å². The van der Waals surface area contributed by atoms with Gasteiger partial charge in [-0.15, -0.1) is 10.2 Å². The summed E-state index contributed by atoms with van der Waals surface area (Å²) in [5, 5.41) is 15.6. The van der Waals surface area contributed by atoms with Crippen molar-refractivity contribution in [1.82, 2.24) is 25.4 Å². The van der Waals surface area contributed by atoms with Crippen LogP contribution in [0, 0.1) is 0 Å². The van der Waals surface area contributed by atoms with E-state index in [1.165, 1.54) is 5.56 Å². The highest BCUT2D eigenvalue weighted by atomic mass is 35.5. The summed E-state index contributed by atoms with van der Waals surface area (Å²) in [4.78, 5) is 4.62. The summed E-state index contributed by atoms with van der Waals surface area (Å²) in [6.07, 6.45) is 4.41. The lowest BCUT2D eigenvalue weighted by Gasteiger charge is -2.13. The van der Waals surface area contributed by atoms with E-state index in [4.69, 9.17) is 16.3 Å². The molecule has 0 aliphatic heterocycles. The lowest BCUT2D eigenvalue weighted by Crippen LogP contribution is -2.40. The lowest BCUT2D eigenvalue weighted by molar-refractivity contribution is 0.197. The summed E-state index contributed by atoms with van der Waals surface area (Å²) < 4.78 is 7.15. The number of guanidine groups is 1. The number of hydrogen-bond acceptors (Lipinski definition) is 4. The fourth-order valence-electron chi connectivity index (χ4n) is 2.63. The summed E-state index contributed by atoms with van der Waals surface area (Å²) in [6, 6.07) is 7.93. The molecule has 2 N–H and O–H groups in total. The van der Waals surface area contributed by atoms with Gasteiger partial charge in [0.15, 0.2) is 5.96 Å². The minimum absolute atomic E-state index is 0.708. The molecule has 148 valence electrons. The van der Waals surface area contributed by atoms with E-state index in [1.807, 2.05) is 18.2 Å². The van der Waals surface area contributed by atoms with Gasteiger partial charge >= 0.3 is 0 Å². The predicted molar refractivity (Wildman–Crippen MR) is 109 cm³/mol. The first kappa shape index (κ1) is 21.2. The van der Waals surface area contributed by atoms with Gasteiger partial charge in [0.05, 0.1) is 0 Å². The number of aryl methyl sites for hydroxylation is 1. The van der Waals surface area contributed by atoms with E-state index in [-0.39, 0.29) is 0 Å². The highest BCUT2D eigenvalue weighted by molar-refractivity contribution is 6.30. The van der Waals surface area contributed by atoms with Gasteiger partial charge in [-0.25, -0.2) is 0 Å². The Morgan fingerprint density at radius 2 is 2.15 bits per heavy atom. The van der Waals surface area contributed by atoms with Crippen molar-refractivity contribution in [3.8, 4) is 0 Å². The van der Waals surface area contributed by atoms with Crippen molar-refractivity contribution in [2.75, 3.05) is 33.4 Å². The molecule has 27 heavy (non-hydrogen) atoms. The smallest absolute Gasteiger partial charge is 0.191 e. The quantitative estimate of drug-likeness (QED) is 0.348. The molecule has 0 unspecified atom stereocenters. The Morgan fingerprint density at radius 3 is 2.93 bits per heavy atom. The standard InChI is InChI=1S/C19H29ClN6O/c1-3-18-25-24-15-26(18)12-11-23-19(21-9-5-13-27-2)22-10-8-16-6-4-7-17(20)14-16/h4,6-7,14-15H,3,5,8-13H2,1-2H3,(H2,21,22,23). The maximum Gasteiger partial charge on any atom is 0.191 e. The molecule has 0 aliphatic carbocycles. The number of nitrogens with one attached hydrogen (secondary N) is 2. The second kappa shape index (κ2) is 12.3. The molecule has 2 aromatic rings. The number of halogens is 1. The molecule has 1 aromatic heterocycles. The first-order valence-electron chi connectivity index (χ1n) is 9.35. The van der Waals surface area contributed by atoms with Crippen LogP contribution in [0.4, 0.5) is 0 Å². The lowest BCUT2D eigenvalue weighted by atomic mass is 10.1. The number of aromatic nitrogens is 3. The summed E-state index contributed by atoms with van der Waals surface area (Å²) in [5.74, 6) is 1.79. The van der Waals surface area contributed by atoms with Crippen molar-refractivity contribution in [1.29, 1.82) is 0 Å². The van der Waals surface area contributed by atoms with Crippen LogP contribution < -0.4 is 10.6 Å². The molecule has 0 spiro atoms. The Kier molecular flexibility index (Phi) is 9.65. The van der Waals surface area contributed by atoms with Gasteiger partial charge < -0.3 is 19.9 Å². The molecule has 8 heteroatoms. The molecule has 0 radical (unpaired) electrons. The van der Waals surface area contributed by atoms with Gasteiger partial charge in [-0.05, 0) is 30.5 Å². The zero-order valence-electron chi connectivity index (χ0n) is 16.1. The van der Waals surface area contributed by atoms with Gasteiger partial charge in [-0.2, -0.15) is 0 Å². The molecule has 0 bridgehead atoms. The zero-order valence-corrected chi connectivity index (χ0v) is 16.9. The number of rotatable bonds is 11. The van der Waals surface area contributed by atoms with Gasteiger partial charge in [0.2, 0.25) is 0 Å². The Labute approximate surface area is 166 Å². The molecule has 0 aliphatic rings. The second-order valence-corrected chi connectivity index (χ2v) is 6.54. The molecule has 0 fully saturated rings. The van der Waals surface area contributed by atoms with Crippen LogP contribution in [0.25, 0.3) is 0 Å². The highest BCUT2D eigenvalue weighted by Gasteiger charge is 2.03. The van der Waals surface area contributed by atoms with E-state index in [1.54, 1.807) is 13.4 Å². The highest BCUT2D eigenvalue weighted by Crippen LogP contribution is 2.10. The molecule has 0 saturated carbocycles. The molecular formula is C19H29ClN6O. The van der Waals surface area contributed by atoms with Crippen molar-refractivity contribution < 1.29 is 4.74 Å². The van der Waals surface area contributed by atoms with E-state index in [9.17, 15) is 0 Å². The molecule has 0 saturated heterocycles. The third kappa shape index (κ3) is 7.97. The average Bonchev–Trinajstić information content (AvgIpc) is 3.12. The third-order valence-electron chi connectivity index (χ3n) is 4.03. The summed E-state index contributed by atoms with van der Waals surface area (Å²) >= 11 is 6.05. The third-order valence-corrected chi connectivity index (χ3v) is 4.26. The minimum atomic E-state index is 0.708. The maximum atomic E-state index is 6.05. The van der Waals surface area contributed by atoms with E-state index in [0.29, 0.717) is 13.2 Å². The monoisotopic (exact) mass is 392 g/mol. The average molecular weight is 393 g/mol. The number of benzene rings is 1. The van der Waals surface area contributed by atoms with Crippen LogP contribution in [0.2, 0.25) is 5.02 Å². The maximum absolute atomic E-state index is 6.05. The predicted octanol–water partition coefficient (Wildman–Crippen LogP) is 2.31. The molecule has 7 nitrogen and oxygen atoms in total. The minimum Gasteiger partial charge on any atom is -0.385 e. The van der Waals surface area contributed by atoms with Crippen molar-refractivity contribution >= 4 is 17.6 Å². The molecular weight excluding hydrogens is 364 g/mol. The topological polar surface area (TPSA) is 76.4 Å². The van der Waals surface area contributed by atoms with E-state index >= 15 is 0 Å². The first-order valence-corrected chi connectivity index (χ1v) is 9.73. The largest absolute Gasteiger partial charge is 0.385 e. The number of aliphatic imine (C=N–C) groups is 1. The number of methoxy groups -OCH3 is 1. The Bertz CT molecular complexity index is 703. The van der Waals surface area contributed by atoms with Crippen LogP contribution in [0.1, 0.15) is 24.7 Å². The van der Waals surface area contributed by atoms with Gasteiger partial charge in [-0.3, -0.25) is 4.99 Å². The van der Waals surface area contributed by atoms with E-state index in [0.717, 1.165) is 55.7 Å². The summed E-state index contributed by atoms with van der Waals surface area (Å²) in [7, 11) is 1.70. The van der Waals surface area contributed by atoms with Gasteiger partial charge in [0, 0.05) is 51.3 Å². The second-order valence-electron chi connectivity index (χ2n) is 6.10. The van der Waals surface area contributed by atoms with Crippen LogP contribution in [-0.2, 0) is 24.1 Å². The number of ether oxygens (including phenoxy) is 1. The van der Waals surface area contributed by atoms with Gasteiger partial charge in [-0.1, -0.05) is 30.7 Å². The van der Waals surface area contributed by atoms with Crippen LogP contribution in [0.15, 0.2) is 35.6 Å². The first-order chi connectivity index (χ1) is 13.2. The summed E-state index contributed by atoms with van der Waals surface area (Å²) in [5.41, 5.74) is 1.20. The van der Waals surface area contributed by atoms with Crippen LogP contribution in [-0.4, -0.2) is 54.1 Å². The zero-order chi connectivity index (χ0) is 19.3. The van der Waals surface area contributed by atoms with E-state index < -0.39 is 0 Å². The number of nitrogens with zero attached hydrogens (tertiary/aromatic N) is 4. The fraction of sp³-hybridized carbons (Fsp3) is 0.526. The van der Waals surface area contributed by atoms with Crippen molar-refractivity contribution in [2.45, 2.75) is 32.7 Å².